The van der Waals surface area contributed by atoms with Gasteiger partial charge in [-0.2, -0.15) is 23.2 Å². The fourth-order valence-electron chi connectivity index (χ4n) is 4.93. The van der Waals surface area contributed by atoms with Gasteiger partial charge in [0.05, 0.1) is 29.5 Å². The molecule has 3 N–H and O–H groups in total. The lowest BCUT2D eigenvalue weighted by molar-refractivity contribution is -0.138. The molecule has 3 aliphatic rings. The van der Waals surface area contributed by atoms with E-state index in [-0.39, 0.29) is 27.7 Å². The minimum Gasteiger partial charge on any atom is -0.366 e. The number of halogens is 3. The van der Waals surface area contributed by atoms with E-state index in [1.807, 2.05) is 11.0 Å². The molecule has 1 amide bonds. The van der Waals surface area contributed by atoms with Crippen LogP contribution in [0.2, 0.25) is 0 Å². The summed E-state index contributed by atoms with van der Waals surface area (Å²) in [5.41, 5.74) is -0.263. The Balaban J connectivity index is 1.35. The summed E-state index contributed by atoms with van der Waals surface area (Å²) in [5.74, 6) is -0.0189. The highest BCUT2D eigenvalue weighted by molar-refractivity contribution is 7.89. The number of anilines is 1. The highest BCUT2D eigenvalue weighted by Crippen LogP contribution is 2.38. The molecule has 0 spiro atoms. The Labute approximate surface area is 236 Å². The number of rotatable bonds is 6. The normalized spacial score (nSPS) is 21.2. The van der Waals surface area contributed by atoms with Gasteiger partial charge in [0, 0.05) is 52.0 Å². The van der Waals surface area contributed by atoms with Crippen molar-refractivity contribution in [3.05, 3.63) is 23.5 Å². The van der Waals surface area contributed by atoms with E-state index < -0.39 is 26.7 Å². The molecule has 218 valence electrons. The second kappa shape index (κ2) is 10.2. The number of carbonyl (C=O) groups is 1. The van der Waals surface area contributed by atoms with E-state index in [0.717, 1.165) is 6.54 Å². The van der Waals surface area contributed by atoms with Crippen molar-refractivity contribution < 1.29 is 26.4 Å². The van der Waals surface area contributed by atoms with Crippen LogP contribution >= 0.6 is 11.3 Å². The van der Waals surface area contributed by atoms with Gasteiger partial charge >= 0.3 is 6.18 Å². The van der Waals surface area contributed by atoms with Gasteiger partial charge in [-0.1, -0.05) is 11.3 Å². The summed E-state index contributed by atoms with van der Waals surface area (Å²) in [4.78, 5) is 20.7. The van der Waals surface area contributed by atoms with E-state index in [4.69, 9.17) is 0 Å². The van der Waals surface area contributed by atoms with Gasteiger partial charge in [-0.15, -0.1) is 10.2 Å². The van der Waals surface area contributed by atoms with Crippen LogP contribution < -0.4 is 20.3 Å². The lowest BCUT2D eigenvalue weighted by Crippen LogP contribution is -2.59. The Kier molecular flexibility index (Phi) is 6.89. The third-order valence-corrected chi connectivity index (χ3v) is 9.80. The summed E-state index contributed by atoms with van der Waals surface area (Å²) in [6, 6.07) is 3.14. The molecular weight excluding hydrogens is 585 g/mol. The third-order valence-electron chi connectivity index (χ3n) is 7.33. The smallest absolute Gasteiger partial charge is 0.366 e. The van der Waals surface area contributed by atoms with Crippen LogP contribution in [0, 0.1) is 11.3 Å². The van der Waals surface area contributed by atoms with Crippen LogP contribution in [0.5, 0.6) is 0 Å². The van der Waals surface area contributed by atoms with E-state index in [9.17, 15) is 31.6 Å². The number of imidazole rings is 1. The molecule has 1 aliphatic carbocycles. The highest BCUT2D eigenvalue weighted by atomic mass is 32.2. The van der Waals surface area contributed by atoms with E-state index in [2.05, 4.69) is 30.5 Å². The topological polar surface area (TPSA) is 161 Å². The fourth-order valence-corrected chi connectivity index (χ4v) is 7.03. The molecule has 3 fully saturated rings. The summed E-state index contributed by atoms with van der Waals surface area (Å²) in [5, 5.41) is 21.4. The van der Waals surface area contributed by atoms with Crippen molar-refractivity contribution in [3.8, 4) is 16.9 Å². The minimum absolute atomic E-state index is 0.00240. The highest BCUT2D eigenvalue weighted by Gasteiger charge is 2.47. The van der Waals surface area contributed by atoms with E-state index >= 15 is 0 Å². The second-order valence-electron chi connectivity index (χ2n) is 10.1. The van der Waals surface area contributed by atoms with Crippen LogP contribution in [0.25, 0.3) is 16.3 Å². The maximum atomic E-state index is 13.4. The number of nitriles is 1. The Hall–Kier alpha value is -3.37. The molecule has 1 saturated carbocycles. The lowest BCUT2D eigenvalue weighted by Gasteiger charge is -2.38. The van der Waals surface area contributed by atoms with Gasteiger partial charge in [0.15, 0.2) is 10.8 Å². The van der Waals surface area contributed by atoms with Crippen molar-refractivity contribution in [3.63, 3.8) is 0 Å². The number of piperazine rings is 2. The van der Waals surface area contributed by atoms with E-state index in [1.165, 1.54) is 22.9 Å². The number of sulfonamides is 1. The molecule has 2 saturated heterocycles. The predicted octanol–water partition coefficient (Wildman–Crippen LogP) is 0.416. The Bertz CT molecular complexity index is 1630. The summed E-state index contributed by atoms with van der Waals surface area (Å²) in [6.45, 7) is 3.58. The molecule has 5 heterocycles. The molecule has 2 aliphatic heterocycles. The molecule has 1 unspecified atom stereocenters. The number of alkyl halides is 3. The number of hydrogen-bond donors (Lipinski definition) is 3. The summed E-state index contributed by atoms with van der Waals surface area (Å²) in [7, 11) is -4.19. The second-order valence-corrected chi connectivity index (χ2v) is 12.8. The van der Waals surface area contributed by atoms with Gasteiger partial charge in [0.2, 0.25) is 20.9 Å². The summed E-state index contributed by atoms with van der Waals surface area (Å²) >= 11 is 0.300. The monoisotopic (exact) mass is 610 g/mol. The van der Waals surface area contributed by atoms with Gasteiger partial charge in [0.25, 0.3) is 0 Å². The van der Waals surface area contributed by atoms with Crippen LogP contribution in [0.15, 0.2) is 23.4 Å². The van der Waals surface area contributed by atoms with Crippen LogP contribution in [-0.4, -0.2) is 96.2 Å². The van der Waals surface area contributed by atoms with Crippen molar-refractivity contribution in [2.45, 2.75) is 35.5 Å². The Morgan fingerprint density at radius 3 is 2.56 bits per heavy atom. The molecule has 3 aromatic heterocycles. The van der Waals surface area contributed by atoms with Crippen LogP contribution in [0.4, 0.5) is 18.9 Å². The first-order valence-corrected chi connectivity index (χ1v) is 15.1. The molecule has 1 atom stereocenters. The largest absolute Gasteiger partial charge is 0.445 e. The molecule has 0 bridgehead atoms. The van der Waals surface area contributed by atoms with Gasteiger partial charge in [0.1, 0.15) is 10.4 Å². The van der Waals surface area contributed by atoms with Gasteiger partial charge in [-0.25, -0.2) is 13.4 Å². The lowest BCUT2D eigenvalue weighted by atomic mass is 10.1. The standard InChI is InChI=1S/C23H25F3N10O3S2/c24-23(25,26)21-32-31-19(40-21)18-30-11-17-16(9-14(12-36(17)18)41(38,39)33-22(13-27)1-2-22)34-5-7-35(8-6-34)20(37)15-10-28-3-4-29-15/h9,11-12,15,28-29,33H,1-8,10H2. The van der Waals surface area contributed by atoms with E-state index in [1.54, 1.807) is 4.90 Å². The molecule has 13 nitrogen and oxygen atoms in total. The molecule has 41 heavy (non-hydrogen) atoms. The molecular formula is C23H25F3N10O3S2. The average molecular weight is 611 g/mol. The molecule has 0 radical (unpaired) electrons. The zero-order chi connectivity index (χ0) is 29.0. The number of carbonyl (C=O) groups excluding carboxylic acids is 1. The third kappa shape index (κ3) is 5.35. The van der Waals surface area contributed by atoms with Gasteiger partial charge in [-0.3, -0.25) is 9.20 Å². The van der Waals surface area contributed by atoms with Gasteiger partial charge < -0.3 is 20.4 Å². The van der Waals surface area contributed by atoms with Crippen molar-refractivity contribution in [2.24, 2.45) is 0 Å². The first kappa shape index (κ1) is 27.8. The van der Waals surface area contributed by atoms with E-state index in [0.29, 0.717) is 74.7 Å². The Morgan fingerprint density at radius 2 is 1.95 bits per heavy atom. The fraction of sp³-hybridized carbons (Fsp3) is 0.522. The number of nitrogens with zero attached hydrogens (tertiary/aromatic N) is 7. The molecule has 0 aromatic carbocycles. The summed E-state index contributed by atoms with van der Waals surface area (Å²) < 4.78 is 70.3. The zero-order valence-corrected chi connectivity index (χ0v) is 23.1. The average Bonchev–Trinajstić information content (AvgIpc) is 3.33. The van der Waals surface area contributed by atoms with Crippen molar-refractivity contribution >= 4 is 38.5 Å². The van der Waals surface area contributed by atoms with Crippen molar-refractivity contribution in [1.29, 1.82) is 5.26 Å². The predicted molar refractivity (Wildman–Crippen MR) is 140 cm³/mol. The molecule has 18 heteroatoms. The quantitative estimate of drug-likeness (QED) is 0.357. The minimum atomic E-state index is -4.69. The number of amides is 1. The Morgan fingerprint density at radius 1 is 1.20 bits per heavy atom. The maximum absolute atomic E-state index is 13.4. The zero-order valence-electron chi connectivity index (χ0n) is 21.5. The number of fused-ring (bicyclic) bond motifs is 1. The van der Waals surface area contributed by atoms with Gasteiger partial charge in [-0.05, 0) is 18.9 Å². The number of pyridine rings is 1. The molecule has 6 rings (SSSR count). The van der Waals surface area contributed by atoms with Crippen LogP contribution in [0.3, 0.4) is 0 Å². The SMILES string of the molecule is N#CC1(NS(=O)(=O)c2cc(N3CCN(C(=O)C4CNCCN4)CC3)c3cnc(-c4nnc(C(F)(F)F)s4)n3c2)CC1. The van der Waals surface area contributed by atoms with Crippen LogP contribution in [0.1, 0.15) is 17.8 Å². The van der Waals surface area contributed by atoms with Crippen LogP contribution in [-0.2, 0) is 21.0 Å². The number of nitrogens with one attached hydrogen (secondary N) is 3. The van der Waals surface area contributed by atoms with Crippen molar-refractivity contribution in [1.82, 2.24) is 39.8 Å². The van der Waals surface area contributed by atoms with Crippen molar-refractivity contribution in [2.75, 3.05) is 50.7 Å². The first-order chi connectivity index (χ1) is 19.5. The summed E-state index contributed by atoms with van der Waals surface area (Å²) in [6.07, 6.45) is -1.24. The number of aromatic nitrogens is 4. The maximum Gasteiger partial charge on any atom is 0.445 e. The number of hydrogen-bond acceptors (Lipinski definition) is 11. The molecule has 3 aromatic rings. The first-order valence-electron chi connectivity index (χ1n) is 12.8.